The van der Waals surface area contributed by atoms with Crippen molar-refractivity contribution in [2.24, 2.45) is 0 Å². The topological polar surface area (TPSA) is 42.1 Å². The van der Waals surface area contributed by atoms with Gasteiger partial charge in [0.2, 0.25) is 0 Å². The highest BCUT2D eigenvalue weighted by atomic mass is 15.2. The van der Waals surface area contributed by atoms with Gasteiger partial charge in [-0.25, -0.2) is 4.98 Å². The minimum Gasteiger partial charge on any atom is -0.384 e. The minimum absolute atomic E-state index is 0.619. The number of nitrogens with two attached hydrogens (primary N) is 1. The molecule has 1 fully saturated rings. The van der Waals surface area contributed by atoms with Crippen molar-refractivity contribution in [3.05, 3.63) is 23.9 Å². The molecule has 0 aliphatic carbocycles. The summed E-state index contributed by atoms with van der Waals surface area (Å²) in [5.74, 6) is 0.619. The van der Waals surface area contributed by atoms with Crippen molar-refractivity contribution < 1.29 is 0 Å². The second-order valence-corrected chi connectivity index (χ2v) is 3.18. The molecular weight excluding hydrogens is 150 g/mol. The Kier molecular flexibility index (Phi) is 1.96. The Hall–Kier alpha value is -1.09. The molecule has 1 saturated heterocycles. The molecule has 0 radical (unpaired) electrons. The smallest absolute Gasteiger partial charge is 0.123 e. The van der Waals surface area contributed by atoms with E-state index in [1.807, 2.05) is 18.2 Å². The second-order valence-electron chi connectivity index (χ2n) is 3.18. The summed E-state index contributed by atoms with van der Waals surface area (Å²) in [5, 5.41) is 0. The van der Waals surface area contributed by atoms with Gasteiger partial charge in [0, 0.05) is 6.54 Å². The number of anilines is 1. The first kappa shape index (κ1) is 7.55. The van der Waals surface area contributed by atoms with Crippen LogP contribution in [0.1, 0.15) is 12.1 Å². The van der Waals surface area contributed by atoms with E-state index in [2.05, 4.69) is 9.88 Å². The Balaban J connectivity index is 2.02. The van der Waals surface area contributed by atoms with Crippen LogP contribution in [0, 0.1) is 0 Å². The Morgan fingerprint density at radius 1 is 1.42 bits per heavy atom. The van der Waals surface area contributed by atoms with E-state index < -0.39 is 0 Å². The SMILES string of the molecule is Nc1cccc(CN2CCC2)n1. The summed E-state index contributed by atoms with van der Waals surface area (Å²) in [6, 6.07) is 5.80. The highest BCUT2D eigenvalue weighted by Crippen LogP contribution is 2.11. The van der Waals surface area contributed by atoms with Crippen molar-refractivity contribution >= 4 is 5.82 Å². The van der Waals surface area contributed by atoms with Gasteiger partial charge in [0.05, 0.1) is 5.69 Å². The molecule has 0 unspecified atom stereocenters. The summed E-state index contributed by atoms with van der Waals surface area (Å²) in [6.07, 6.45) is 1.32. The number of nitrogens with zero attached hydrogens (tertiary/aromatic N) is 2. The third-order valence-corrected chi connectivity index (χ3v) is 2.16. The van der Waals surface area contributed by atoms with Gasteiger partial charge in [-0.05, 0) is 31.6 Å². The van der Waals surface area contributed by atoms with E-state index in [1.165, 1.54) is 19.5 Å². The first-order valence-corrected chi connectivity index (χ1v) is 4.28. The molecule has 2 rings (SSSR count). The zero-order valence-electron chi connectivity index (χ0n) is 7.03. The molecule has 2 N–H and O–H groups in total. The quantitative estimate of drug-likeness (QED) is 0.703. The molecule has 12 heavy (non-hydrogen) atoms. The summed E-state index contributed by atoms with van der Waals surface area (Å²) in [6.45, 7) is 3.36. The zero-order chi connectivity index (χ0) is 8.39. The number of aromatic nitrogens is 1. The fourth-order valence-corrected chi connectivity index (χ4v) is 1.36. The second kappa shape index (κ2) is 3.11. The van der Waals surface area contributed by atoms with Crippen LogP contribution in [0.4, 0.5) is 5.82 Å². The van der Waals surface area contributed by atoms with Gasteiger partial charge in [0.1, 0.15) is 5.82 Å². The number of pyridine rings is 1. The van der Waals surface area contributed by atoms with Gasteiger partial charge in [-0.1, -0.05) is 6.07 Å². The molecule has 2 heterocycles. The van der Waals surface area contributed by atoms with Gasteiger partial charge >= 0.3 is 0 Å². The molecule has 3 heteroatoms. The molecule has 1 aromatic rings. The van der Waals surface area contributed by atoms with E-state index in [-0.39, 0.29) is 0 Å². The fraction of sp³-hybridized carbons (Fsp3) is 0.444. The number of hydrogen-bond donors (Lipinski definition) is 1. The lowest BCUT2D eigenvalue weighted by molar-refractivity contribution is 0.170. The largest absolute Gasteiger partial charge is 0.384 e. The highest BCUT2D eigenvalue weighted by molar-refractivity contribution is 5.28. The predicted molar refractivity (Wildman–Crippen MR) is 48.5 cm³/mol. The van der Waals surface area contributed by atoms with Crippen molar-refractivity contribution in [1.82, 2.24) is 9.88 Å². The van der Waals surface area contributed by atoms with E-state index in [0.29, 0.717) is 5.82 Å². The molecule has 1 aliphatic rings. The lowest BCUT2D eigenvalue weighted by atomic mass is 10.2. The molecule has 3 nitrogen and oxygen atoms in total. The molecule has 64 valence electrons. The van der Waals surface area contributed by atoms with Crippen molar-refractivity contribution in [2.75, 3.05) is 18.8 Å². The van der Waals surface area contributed by atoms with Gasteiger partial charge in [-0.3, -0.25) is 4.90 Å². The van der Waals surface area contributed by atoms with Gasteiger partial charge < -0.3 is 5.73 Å². The number of hydrogen-bond acceptors (Lipinski definition) is 3. The van der Waals surface area contributed by atoms with Gasteiger partial charge in [0.25, 0.3) is 0 Å². The number of likely N-dealkylation sites (tertiary alicyclic amines) is 1. The monoisotopic (exact) mass is 163 g/mol. The zero-order valence-corrected chi connectivity index (χ0v) is 7.03. The van der Waals surface area contributed by atoms with E-state index in [9.17, 15) is 0 Å². The Labute approximate surface area is 72.2 Å². The van der Waals surface area contributed by atoms with E-state index >= 15 is 0 Å². The third-order valence-electron chi connectivity index (χ3n) is 2.16. The summed E-state index contributed by atoms with van der Waals surface area (Å²) >= 11 is 0. The van der Waals surface area contributed by atoms with Crippen LogP contribution in [0.3, 0.4) is 0 Å². The lowest BCUT2D eigenvalue weighted by Gasteiger charge is -2.30. The lowest BCUT2D eigenvalue weighted by Crippen LogP contribution is -2.36. The number of rotatable bonds is 2. The Bertz CT molecular complexity index is 268. The van der Waals surface area contributed by atoms with E-state index in [1.54, 1.807) is 0 Å². The summed E-state index contributed by atoms with van der Waals surface area (Å²) in [4.78, 5) is 6.59. The molecule has 0 spiro atoms. The Morgan fingerprint density at radius 2 is 2.25 bits per heavy atom. The van der Waals surface area contributed by atoms with Crippen LogP contribution in [0.25, 0.3) is 0 Å². The normalized spacial score (nSPS) is 17.3. The van der Waals surface area contributed by atoms with Crippen LogP contribution < -0.4 is 5.73 Å². The fourth-order valence-electron chi connectivity index (χ4n) is 1.36. The van der Waals surface area contributed by atoms with Crippen molar-refractivity contribution in [3.8, 4) is 0 Å². The van der Waals surface area contributed by atoms with Crippen molar-refractivity contribution in [3.63, 3.8) is 0 Å². The number of nitrogen functional groups attached to an aromatic ring is 1. The first-order chi connectivity index (χ1) is 5.84. The summed E-state index contributed by atoms with van der Waals surface area (Å²) in [5.41, 5.74) is 6.64. The molecule has 0 aromatic carbocycles. The highest BCUT2D eigenvalue weighted by Gasteiger charge is 2.13. The molecule has 0 saturated carbocycles. The summed E-state index contributed by atoms with van der Waals surface area (Å²) < 4.78 is 0. The standard InChI is InChI=1S/C9H13N3/c10-9-4-1-3-8(11-9)7-12-5-2-6-12/h1,3-4H,2,5-7H2,(H2,10,11). The van der Waals surface area contributed by atoms with Crippen LogP contribution in [0.2, 0.25) is 0 Å². The van der Waals surface area contributed by atoms with Crippen LogP contribution in [-0.2, 0) is 6.54 Å². The van der Waals surface area contributed by atoms with Crippen LogP contribution in [-0.4, -0.2) is 23.0 Å². The maximum atomic E-state index is 5.56. The van der Waals surface area contributed by atoms with Gasteiger partial charge in [-0.2, -0.15) is 0 Å². The first-order valence-electron chi connectivity index (χ1n) is 4.28. The average molecular weight is 163 g/mol. The average Bonchev–Trinajstić information content (AvgIpc) is 1.97. The predicted octanol–water partition coefficient (Wildman–Crippen LogP) is 0.869. The Morgan fingerprint density at radius 3 is 2.83 bits per heavy atom. The van der Waals surface area contributed by atoms with Crippen LogP contribution in [0.5, 0.6) is 0 Å². The van der Waals surface area contributed by atoms with Crippen LogP contribution >= 0.6 is 0 Å². The summed E-state index contributed by atoms with van der Waals surface area (Å²) in [7, 11) is 0. The van der Waals surface area contributed by atoms with Crippen molar-refractivity contribution in [1.29, 1.82) is 0 Å². The van der Waals surface area contributed by atoms with E-state index in [0.717, 1.165) is 12.2 Å². The third kappa shape index (κ3) is 1.56. The van der Waals surface area contributed by atoms with Gasteiger partial charge in [0.15, 0.2) is 0 Å². The molecular formula is C9H13N3. The van der Waals surface area contributed by atoms with Crippen LogP contribution in [0.15, 0.2) is 18.2 Å². The molecule has 0 atom stereocenters. The molecule has 0 amide bonds. The maximum absolute atomic E-state index is 5.56. The molecule has 1 aromatic heterocycles. The van der Waals surface area contributed by atoms with Gasteiger partial charge in [-0.15, -0.1) is 0 Å². The molecule has 1 aliphatic heterocycles. The van der Waals surface area contributed by atoms with Crippen molar-refractivity contribution in [2.45, 2.75) is 13.0 Å². The minimum atomic E-state index is 0.619. The van der Waals surface area contributed by atoms with E-state index in [4.69, 9.17) is 5.73 Å². The molecule has 0 bridgehead atoms. The maximum Gasteiger partial charge on any atom is 0.123 e.